The van der Waals surface area contributed by atoms with Crippen molar-refractivity contribution in [1.29, 1.82) is 0 Å². The van der Waals surface area contributed by atoms with Crippen LogP contribution >= 0.6 is 0 Å². The van der Waals surface area contributed by atoms with Crippen LogP contribution in [0.15, 0.2) is 22.5 Å². The fraction of sp³-hybridized carbons (Fsp3) is 0.333. The molecule has 1 unspecified atom stereocenters. The zero-order chi connectivity index (χ0) is 8.27. The summed E-state index contributed by atoms with van der Waals surface area (Å²) in [7, 11) is 1.22. The topological polar surface area (TPSA) is 68.1 Å². The second-order valence-corrected chi connectivity index (χ2v) is 1.90. The lowest BCUT2D eigenvalue weighted by molar-refractivity contribution is -0.147. The Morgan fingerprint density at radius 3 is 3.00 bits per heavy atom. The van der Waals surface area contributed by atoms with Crippen molar-refractivity contribution in [1.82, 2.24) is 0 Å². The summed E-state index contributed by atoms with van der Waals surface area (Å²) in [5.41, 5.74) is 0. The summed E-state index contributed by atoms with van der Waals surface area (Å²) in [6.07, 6.45) is 2.64. The predicted octanol–water partition coefficient (Wildman–Crippen LogP) is 0.282. The largest absolute Gasteiger partial charge is 0.468 e. The SMILES string of the molecule is COC(=O)C1C=CN=NC1=O. The van der Waals surface area contributed by atoms with Gasteiger partial charge < -0.3 is 4.74 Å². The van der Waals surface area contributed by atoms with Crippen molar-refractivity contribution < 1.29 is 14.3 Å². The van der Waals surface area contributed by atoms with Crippen LogP contribution in [0.3, 0.4) is 0 Å². The van der Waals surface area contributed by atoms with E-state index in [1.165, 1.54) is 19.4 Å². The van der Waals surface area contributed by atoms with Gasteiger partial charge in [0.25, 0.3) is 5.91 Å². The van der Waals surface area contributed by atoms with Crippen molar-refractivity contribution in [3.05, 3.63) is 12.3 Å². The van der Waals surface area contributed by atoms with E-state index >= 15 is 0 Å². The summed E-state index contributed by atoms with van der Waals surface area (Å²) < 4.78 is 4.35. The molecule has 1 atom stereocenters. The van der Waals surface area contributed by atoms with Gasteiger partial charge in [-0.3, -0.25) is 9.59 Å². The fourth-order valence-electron chi connectivity index (χ4n) is 0.666. The average Bonchev–Trinajstić information content (AvgIpc) is 2.04. The van der Waals surface area contributed by atoms with Gasteiger partial charge in [0.05, 0.1) is 7.11 Å². The average molecular weight is 154 g/mol. The summed E-state index contributed by atoms with van der Waals surface area (Å²) in [5, 5.41) is 6.49. The summed E-state index contributed by atoms with van der Waals surface area (Å²) in [6.45, 7) is 0. The number of amides is 1. The normalized spacial score (nSPS) is 21.9. The molecular formula is C6H6N2O3. The van der Waals surface area contributed by atoms with Gasteiger partial charge in [0, 0.05) is 6.20 Å². The summed E-state index contributed by atoms with van der Waals surface area (Å²) >= 11 is 0. The molecule has 0 radical (unpaired) electrons. The highest BCUT2D eigenvalue weighted by molar-refractivity contribution is 6.00. The minimum Gasteiger partial charge on any atom is -0.468 e. The van der Waals surface area contributed by atoms with Crippen LogP contribution in [0.1, 0.15) is 0 Å². The molecule has 1 amide bonds. The molecule has 11 heavy (non-hydrogen) atoms. The molecule has 0 N–H and O–H groups in total. The number of rotatable bonds is 1. The zero-order valence-corrected chi connectivity index (χ0v) is 5.85. The Bertz CT molecular complexity index is 244. The van der Waals surface area contributed by atoms with Gasteiger partial charge in [0.2, 0.25) is 0 Å². The summed E-state index contributed by atoms with van der Waals surface area (Å²) in [4.78, 5) is 21.6. The highest BCUT2D eigenvalue weighted by atomic mass is 16.5. The van der Waals surface area contributed by atoms with Crippen molar-refractivity contribution in [2.75, 3.05) is 7.11 Å². The molecule has 0 saturated carbocycles. The van der Waals surface area contributed by atoms with E-state index < -0.39 is 17.8 Å². The number of carbonyl (C=O) groups excluding carboxylic acids is 2. The molecule has 0 aliphatic carbocycles. The molecule has 1 aliphatic rings. The Labute approximate surface area is 62.8 Å². The van der Waals surface area contributed by atoms with E-state index in [0.29, 0.717) is 0 Å². The Balaban J connectivity index is 2.73. The molecule has 0 aromatic carbocycles. The molecule has 1 aliphatic heterocycles. The lowest BCUT2D eigenvalue weighted by Crippen LogP contribution is -2.22. The lowest BCUT2D eigenvalue weighted by atomic mass is 10.1. The van der Waals surface area contributed by atoms with Gasteiger partial charge in [-0.25, -0.2) is 0 Å². The molecule has 0 aromatic heterocycles. The van der Waals surface area contributed by atoms with Crippen LogP contribution in [0.4, 0.5) is 0 Å². The number of ether oxygens (including phenoxy) is 1. The first-order valence-corrected chi connectivity index (χ1v) is 2.95. The quantitative estimate of drug-likeness (QED) is 0.402. The molecule has 1 heterocycles. The molecule has 58 valence electrons. The van der Waals surface area contributed by atoms with Gasteiger partial charge >= 0.3 is 5.97 Å². The number of esters is 1. The zero-order valence-electron chi connectivity index (χ0n) is 5.85. The molecule has 0 bridgehead atoms. The lowest BCUT2D eigenvalue weighted by Gasteiger charge is -2.05. The Morgan fingerprint density at radius 1 is 1.73 bits per heavy atom. The molecule has 1 rings (SSSR count). The maximum atomic E-state index is 10.8. The molecule has 0 aromatic rings. The number of carbonyl (C=O) groups is 2. The molecule has 5 heteroatoms. The highest BCUT2D eigenvalue weighted by Crippen LogP contribution is 2.09. The van der Waals surface area contributed by atoms with Crippen molar-refractivity contribution in [3.8, 4) is 0 Å². The first-order valence-electron chi connectivity index (χ1n) is 2.95. The molecular weight excluding hydrogens is 148 g/mol. The van der Waals surface area contributed by atoms with Crippen LogP contribution in [0, 0.1) is 5.92 Å². The number of hydrogen-bond acceptors (Lipinski definition) is 4. The molecule has 0 spiro atoms. The van der Waals surface area contributed by atoms with Crippen molar-refractivity contribution >= 4 is 11.9 Å². The maximum absolute atomic E-state index is 10.8. The van der Waals surface area contributed by atoms with E-state index in [-0.39, 0.29) is 0 Å². The van der Waals surface area contributed by atoms with E-state index in [4.69, 9.17) is 0 Å². The Kier molecular flexibility index (Phi) is 2.10. The van der Waals surface area contributed by atoms with E-state index in [2.05, 4.69) is 15.0 Å². The van der Waals surface area contributed by atoms with Crippen molar-refractivity contribution in [3.63, 3.8) is 0 Å². The van der Waals surface area contributed by atoms with Crippen LogP contribution in [0.2, 0.25) is 0 Å². The summed E-state index contributed by atoms with van der Waals surface area (Å²) in [6, 6.07) is 0. The first-order chi connectivity index (χ1) is 5.25. The van der Waals surface area contributed by atoms with Gasteiger partial charge in [0.15, 0.2) is 5.92 Å². The fourth-order valence-corrected chi connectivity index (χ4v) is 0.666. The highest BCUT2D eigenvalue weighted by Gasteiger charge is 2.26. The number of nitrogens with zero attached hydrogens (tertiary/aromatic N) is 2. The summed E-state index contributed by atoms with van der Waals surface area (Å²) in [5.74, 6) is -2.10. The van der Waals surface area contributed by atoms with Crippen LogP contribution < -0.4 is 0 Å². The van der Waals surface area contributed by atoms with E-state index in [9.17, 15) is 9.59 Å². The molecule has 0 fully saturated rings. The van der Waals surface area contributed by atoms with Crippen LogP contribution in [-0.2, 0) is 14.3 Å². The van der Waals surface area contributed by atoms with Gasteiger partial charge in [-0.1, -0.05) is 0 Å². The Hall–Kier alpha value is -1.52. The third kappa shape index (κ3) is 1.49. The van der Waals surface area contributed by atoms with E-state index in [1.807, 2.05) is 0 Å². The Morgan fingerprint density at radius 2 is 2.45 bits per heavy atom. The second kappa shape index (κ2) is 3.05. The van der Waals surface area contributed by atoms with Crippen molar-refractivity contribution in [2.45, 2.75) is 0 Å². The van der Waals surface area contributed by atoms with Crippen LogP contribution in [0.25, 0.3) is 0 Å². The predicted molar refractivity (Wildman–Crippen MR) is 34.5 cm³/mol. The van der Waals surface area contributed by atoms with Gasteiger partial charge in [0.1, 0.15) is 0 Å². The van der Waals surface area contributed by atoms with Crippen LogP contribution in [-0.4, -0.2) is 19.0 Å². The maximum Gasteiger partial charge on any atom is 0.322 e. The van der Waals surface area contributed by atoms with E-state index in [0.717, 1.165) is 0 Å². The third-order valence-corrected chi connectivity index (χ3v) is 1.22. The molecule has 0 saturated heterocycles. The monoisotopic (exact) mass is 154 g/mol. The standard InChI is InChI=1S/C6H6N2O3/c1-11-6(10)4-2-3-7-8-5(4)9/h2-4H,1H3. The van der Waals surface area contributed by atoms with Gasteiger partial charge in [-0.15, -0.1) is 5.11 Å². The second-order valence-electron chi connectivity index (χ2n) is 1.90. The van der Waals surface area contributed by atoms with Crippen LogP contribution in [0.5, 0.6) is 0 Å². The first kappa shape index (κ1) is 7.59. The minimum atomic E-state index is -0.905. The third-order valence-electron chi connectivity index (χ3n) is 1.22. The number of methoxy groups -OCH3 is 1. The van der Waals surface area contributed by atoms with Crippen molar-refractivity contribution in [2.24, 2.45) is 16.1 Å². The number of hydrogen-bond donors (Lipinski definition) is 0. The minimum absolute atomic E-state index is 0.584. The van der Waals surface area contributed by atoms with Gasteiger partial charge in [-0.05, 0) is 6.08 Å². The van der Waals surface area contributed by atoms with Gasteiger partial charge in [-0.2, -0.15) is 5.11 Å². The molecule has 5 nitrogen and oxygen atoms in total. The number of azo groups is 1. The smallest absolute Gasteiger partial charge is 0.322 e. The van der Waals surface area contributed by atoms with E-state index in [1.54, 1.807) is 0 Å².